The minimum absolute atomic E-state index is 0.801. The van der Waals surface area contributed by atoms with Gasteiger partial charge in [0.05, 0.1) is 7.11 Å². The Labute approximate surface area is 112 Å². The van der Waals surface area contributed by atoms with E-state index in [1.54, 1.807) is 7.11 Å². The molecule has 0 saturated heterocycles. The van der Waals surface area contributed by atoms with Crippen LogP contribution in [0.3, 0.4) is 0 Å². The van der Waals surface area contributed by atoms with E-state index >= 15 is 0 Å². The first kappa shape index (κ1) is 12.9. The van der Waals surface area contributed by atoms with Crippen molar-refractivity contribution in [2.45, 2.75) is 31.8 Å². The van der Waals surface area contributed by atoms with Gasteiger partial charge in [-0.3, -0.25) is 4.90 Å². The molecule has 2 nitrogen and oxygen atoms in total. The van der Waals surface area contributed by atoms with Gasteiger partial charge < -0.3 is 4.74 Å². The molecule has 1 saturated carbocycles. The topological polar surface area (TPSA) is 12.5 Å². The van der Waals surface area contributed by atoms with E-state index in [4.69, 9.17) is 4.74 Å². The number of rotatable bonds is 6. The van der Waals surface area contributed by atoms with Gasteiger partial charge in [-0.2, -0.15) is 0 Å². The molecule has 0 unspecified atom stereocenters. The molecule has 94 valence electrons. The number of methoxy groups -OCH3 is 1. The van der Waals surface area contributed by atoms with Crippen LogP contribution in [0.25, 0.3) is 0 Å². The van der Waals surface area contributed by atoms with Crippen LogP contribution >= 0.6 is 15.9 Å². The van der Waals surface area contributed by atoms with E-state index < -0.39 is 0 Å². The molecule has 0 N–H and O–H groups in total. The highest BCUT2D eigenvalue weighted by Crippen LogP contribution is 2.26. The van der Waals surface area contributed by atoms with E-state index in [-0.39, 0.29) is 0 Å². The van der Waals surface area contributed by atoms with Gasteiger partial charge in [-0.05, 0) is 30.5 Å². The first-order valence-electron chi connectivity index (χ1n) is 6.26. The molecular weight excluding hydrogens is 278 g/mol. The molecule has 0 amide bonds. The Morgan fingerprint density at radius 1 is 1.29 bits per heavy atom. The van der Waals surface area contributed by atoms with Crippen molar-refractivity contribution in [3.8, 4) is 5.75 Å². The van der Waals surface area contributed by atoms with Crippen molar-refractivity contribution in [3.05, 3.63) is 29.8 Å². The van der Waals surface area contributed by atoms with E-state index in [2.05, 4.69) is 33.0 Å². The largest absolute Gasteiger partial charge is 0.497 e. The minimum atomic E-state index is 0.801. The van der Waals surface area contributed by atoms with Crippen molar-refractivity contribution in [3.63, 3.8) is 0 Å². The maximum absolute atomic E-state index is 5.18. The summed E-state index contributed by atoms with van der Waals surface area (Å²) in [5.41, 5.74) is 1.37. The number of nitrogens with zero attached hydrogens (tertiary/aromatic N) is 1. The first-order chi connectivity index (χ1) is 8.33. The van der Waals surface area contributed by atoms with Crippen molar-refractivity contribution in [1.29, 1.82) is 0 Å². The Hall–Kier alpha value is -0.540. The van der Waals surface area contributed by atoms with Crippen LogP contribution in [-0.4, -0.2) is 29.9 Å². The van der Waals surface area contributed by atoms with E-state index in [1.807, 2.05) is 12.1 Å². The van der Waals surface area contributed by atoms with Crippen LogP contribution in [-0.2, 0) is 6.54 Å². The Morgan fingerprint density at radius 2 is 2.00 bits per heavy atom. The zero-order chi connectivity index (χ0) is 12.1. The molecule has 0 radical (unpaired) electrons. The standard InChI is InChI=1S/C14H20BrNO/c1-17-14-7-5-12(6-8-14)11-16(10-9-15)13-3-2-4-13/h5-8,13H,2-4,9-11H2,1H3. The Morgan fingerprint density at radius 3 is 2.47 bits per heavy atom. The zero-order valence-electron chi connectivity index (χ0n) is 10.4. The second kappa shape index (κ2) is 6.41. The highest BCUT2D eigenvalue weighted by molar-refractivity contribution is 9.09. The van der Waals surface area contributed by atoms with Gasteiger partial charge in [-0.15, -0.1) is 0 Å². The molecule has 1 aliphatic carbocycles. The molecule has 0 heterocycles. The maximum Gasteiger partial charge on any atom is 0.118 e. The lowest BCUT2D eigenvalue weighted by molar-refractivity contribution is 0.128. The monoisotopic (exact) mass is 297 g/mol. The number of alkyl halides is 1. The fourth-order valence-electron chi connectivity index (χ4n) is 2.22. The molecule has 3 heteroatoms. The van der Waals surface area contributed by atoms with Crippen molar-refractivity contribution < 1.29 is 4.74 Å². The summed E-state index contributed by atoms with van der Waals surface area (Å²) in [5.74, 6) is 0.935. The molecule has 0 atom stereocenters. The fraction of sp³-hybridized carbons (Fsp3) is 0.571. The Balaban J connectivity index is 1.95. The molecule has 1 fully saturated rings. The van der Waals surface area contributed by atoms with Gasteiger partial charge in [0.15, 0.2) is 0 Å². The average molecular weight is 298 g/mol. The van der Waals surface area contributed by atoms with Crippen LogP contribution < -0.4 is 4.74 Å². The highest BCUT2D eigenvalue weighted by atomic mass is 79.9. The van der Waals surface area contributed by atoms with E-state index in [0.29, 0.717) is 0 Å². The van der Waals surface area contributed by atoms with Gasteiger partial charge in [0, 0.05) is 24.5 Å². The van der Waals surface area contributed by atoms with Crippen LogP contribution in [0.5, 0.6) is 5.75 Å². The third-order valence-electron chi connectivity index (χ3n) is 3.51. The van der Waals surface area contributed by atoms with Crippen LogP contribution in [0.2, 0.25) is 0 Å². The normalized spacial score (nSPS) is 15.9. The van der Waals surface area contributed by atoms with Crippen LogP contribution in [0.1, 0.15) is 24.8 Å². The first-order valence-corrected chi connectivity index (χ1v) is 7.38. The Bertz CT molecular complexity index is 335. The molecule has 2 rings (SSSR count). The van der Waals surface area contributed by atoms with Crippen molar-refractivity contribution in [2.75, 3.05) is 19.0 Å². The maximum atomic E-state index is 5.18. The SMILES string of the molecule is COc1ccc(CN(CCBr)C2CCC2)cc1. The lowest BCUT2D eigenvalue weighted by Crippen LogP contribution is -2.40. The van der Waals surface area contributed by atoms with Crippen molar-refractivity contribution in [2.24, 2.45) is 0 Å². The number of halogens is 1. The van der Waals surface area contributed by atoms with E-state index in [0.717, 1.165) is 30.2 Å². The van der Waals surface area contributed by atoms with Crippen molar-refractivity contribution in [1.82, 2.24) is 4.90 Å². The molecule has 0 aliphatic heterocycles. The van der Waals surface area contributed by atoms with Gasteiger partial charge in [0.1, 0.15) is 5.75 Å². The summed E-state index contributed by atoms with van der Waals surface area (Å²) in [7, 11) is 1.71. The van der Waals surface area contributed by atoms with Crippen LogP contribution in [0, 0.1) is 0 Å². The van der Waals surface area contributed by atoms with Gasteiger partial charge >= 0.3 is 0 Å². The molecule has 17 heavy (non-hydrogen) atoms. The molecular formula is C14H20BrNO. The summed E-state index contributed by atoms with van der Waals surface area (Å²) in [6.45, 7) is 2.19. The summed E-state index contributed by atoms with van der Waals surface area (Å²) in [4.78, 5) is 2.58. The molecule has 0 aromatic heterocycles. The summed E-state index contributed by atoms with van der Waals surface area (Å²) < 4.78 is 5.18. The summed E-state index contributed by atoms with van der Waals surface area (Å²) in [5, 5.41) is 1.06. The lowest BCUT2D eigenvalue weighted by Gasteiger charge is -2.37. The summed E-state index contributed by atoms with van der Waals surface area (Å²) in [6.07, 6.45) is 4.12. The van der Waals surface area contributed by atoms with Crippen LogP contribution in [0.15, 0.2) is 24.3 Å². The molecule has 1 aromatic rings. The van der Waals surface area contributed by atoms with E-state index in [1.165, 1.54) is 24.8 Å². The van der Waals surface area contributed by atoms with E-state index in [9.17, 15) is 0 Å². The van der Waals surface area contributed by atoms with Crippen LogP contribution in [0.4, 0.5) is 0 Å². The third kappa shape index (κ3) is 3.46. The Kier molecular flexibility index (Phi) is 4.86. The van der Waals surface area contributed by atoms with Gasteiger partial charge in [-0.1, -0.05) is 34.5 Å². The second-order valence-corrected chi connectivity index (χ2v) is 5.39. The second-order valence-electron chi connectivity index (χ2n) is 4.59. The average Bonchev–Trinajstić information content (AvgIpc) is 2.28. The molecule has 0 spiro atoms. The minimum Gasteiger partial charge on any atom is -0.497 e. The van der Waals surface area contributed by atoms with Gasteiger partial charge in [-0.25, -0.2) is 0 Å². The predicted octanol–water partition coefficient (Wildman–Crippen LogP) is 3.44. The number of hydrogen-bond acceptors (Lipinski definition) is 2. The number of ether oxygens (including phenoxy) is 1. The predicted molar refractivity (Wildman–Crippen MR) is 74.8 cm³/mol. The fourth-order valence-corrected chi connectivity index (χ4v) is 2.67. The molecule has 1 aliphatic rings. The van der Waals surface area contributed by atoms with Gasteiger partial charge in [0.2, 0.25) is 0 Å². The molecule has 1 aromatic carbocycles. The highest BCUT2D eigenvalue weighted by Gasteiger charge is 2.24. The lowest BCUT2D eigenvalue weighted by atomic mass is 9.91. The third-order valence-corrected chi connectivity index (χ3v) is 3.86. The molecule has 0 bridgehead atoms. The quantitative estimate of drug-likeness (QED) is 0.746. The number of hydrogen-bond donors (Lipinski definition) is 0. The van der Waals surface area contributed by atoms with Crippen molar-refractivity contribution >= 4 is 15.9 Å². The number of benzene rings is 1. The van der Waals surface area contributed by atoms with Gasteiger partial charge in [0.25, 0.3) is 0 Å². The summed E-state index contributed by atoms with van der Waals surface area (Å²) >= 11 is 3.55. The summed E-state index contributed by atoms with van der Waals surface area (Å²) in [6, 6.07) is 9.22. The smallest absolute Gasteiger partial charge is 0.118 e. The zero-order valence-corrected chi connectivity index (χ0v) is 11.9.